The van der Waals surface area contributed by atoms with Crippen LogP contribution in [0.25, 0.3) is 0 Å². The molecule has 0 spiro atoms. The van der Waals surface area contributed by atoms with E-state index in [0.29, 0.717) is 36.8 Å². The molecule has 0 aliphatic rings. The average Bonchev–Trinajstić information content (AvgIpc) is 2.62. The van der Waals surface area contributed by atoms with E-state index in [-0.39, 0.29) is 16.8 Å². The van der Waals surface area contributed by atoms with Gasteiger partial charge in [0.1, 0.15) is 18.1 Å². The first-order valence-electron chi connectivity index (χ1n) is 8.22. The van der Waals surface area contributed by atoms with Crippen LogP contribution in [0.5, 0.6) is 11.5 Å². The normalized spacial score (nSPS) is 10.2. The van der Waals surface area contributed by atoms with Gasteiger partial charge in [-0.2, -0.15) is 0 Å². The minimum atomic E-state index is -0.351. The Bertz CT molecular complexity index is 763. The lowest BCUT2D eigenvalue weighted by atomic mass is 10.2. The smallest absolute Gasteiger partial charge is 0.257 e. The molecular formula is C19H22N2O4S. The number of hydrogen-bond acceptors (Lipinski definition) is 5. The maximum absolute atomic E-state index is 12.2. The number of hydrogen-bond donors (Lipinski definition) is 3. The molecule has 2 aromatic carbocycles. The van der Waals surface area contributed by atoms with Crippen LogP contribution in [-0.4, -0.2) is 35.9 Å². The molecule has 0 aliphatic heterocycles. The van der Waals surface area contributed by atoms with Crippen molar-refractivity contribution < 1.29 is 19.4 Å². The number of benzene rings is 2. The van der Waals surface area contributed by atoms with Gasteiger partial charge in [0.2, 0.25) is 0 Å². The van der Waals surface area contributed by atoms with Crippen molar-refractivity contribution in [2.45, 2.75) is 13.8 Å². The van der Waals surface area contributed by atoms with Crippen LogP contribution in [0, 0.1) is 6.92 Å². The quantitative estimate of drug-likeness (QED) is 0.392. The van der Waals surface area contributed by atoms with E-state index in [0.717, 1.165) is 5.56 Å². The Hall–Kier alpha value is -2.64. The molecule has 1 amide bonds. The molecule has 0 radical (unpaired) electrons. The predicted molar refractivity (Wildman–Crippen MR) is 105 cm³/mol. The lowest BCUT2D eigenvalue weighted by Crippen LogP contribution is -2.34. The summed E-state index contributed by atoms with van der Waals surface area (Å²) in [5, 5.41) is 15.3. The Morgan fingerprint density at radius 2 is 1.88 bits per heavy atom. The summed E-state index contributed by atoms with van der Waals surface area (Å²) in [7, 11) is 0. The topological polar surface area (TPSA) is 79.8 Å². The lowest BCUT2D eigenvalue weighted by molar-refractivity contribution is 0.0977. The van der Waals surface area contributed by atoms with Gasteiger partial charge in [0, 0.05) is 12.2 Å². The standard InChI is InChI=1S/C19H22N2O4S/c1-3-24-10-11-25-15-7-5-14(6-8-15)18(23)21-19(26)20-16-12-13(2)4-9-17(16)22/h4-9,12,22H,3,10-11H2,1-2H3,(H2,20,21,23,26). The van der Waals surface area contributed by atoms with Crippen molar-refractivity contribution in [3.63, 3.8) is 0 Å². The highest BCUT2D eigenvalue weighted by Gasteiger charge is 2.10. The van der Waals surface area contributed by atoms with Crippen molar-refractivity contribution in [1.29, 1.82) is 0 Å². The minimum absolute atomic E-state index is 0.0563. The molecule has 6 nitrogen and oxygen atoms in total. The largest absolute Gasteiger partial charge is 0.506 e. The highest BCUT2D eigenvalue weighted by Crippen LogP contribution is 2.23. The van der Waals surface area contributed by atoms with E-state index in [1.54, 1.807) is 42.5 Å². The molecule has 0 atom stereocenters. The molecule has 2 aromatic rings. The van der Waals surface area contributed by atoms with E-state index in [4.69, 9.17) is 21.7 Å². The molecule has 7 heteroatoms. The van der Waals surface area contributed by atoms with Gasteiger partial charge in [-0.3, -0.25) is 10.1 Å². The lowest BCUT2D eigenvalue weighted by Gasteiger charge is -2.12. The van der Waals surface area contributed by atoms with Crippen LogP contribution in [0.4, 0.5) is 5.69 Å². The number of aromatic hydroxyl groups is 1. The van der Waals surface area contributed by atoms with E-state index in [1.165, 1.54) is 0 Å². The molecule has 0 aliphatic carbocycles. The van der Waals surface area contributed by atoms with Crippen LogP contribution in [-0.2, 0) is 4.74 Å². The van der Waals surface area contributed by atoms with E-state index in [2.05, 4.69) is 10.6 Å². The number of nitrogens with one attached hydrogen (secondary N) is 2. The maximum Gasteiger partial charge on any atom is 0.257 e. The van der Waals surface area contributed by atoms with Crippen LogP contribution in [0.15, 0.2) is 42.5 Å². The summed E-state index contributed by atoms with van der Waals surface area (Å²) in [6.07, 6.45) is 0. The first-order valence-corrected chi connectivity index (χ1v) is 8.63. The number of carbonyl (C=O) groups is 1. The minimum Gasteiger partial charge on any atom is -0.506 e. The number of rotatable bonds is 7. The summed E-state index contributed by atoms with van der Waals surface area (Å²) in [5.41, 5.74) is 1.84. The molecule has 138 valence electrons. The van der Waals surface area contributed by atoms with Crippen molar-refractivity contribution in [1.82, 2.24) is 5.32 Å². The van der Waals surface area contributed by atoms with Gasteiger partial charge in [-0.25, -0.2) is 0 Å². The van der Waals surface area contributed by atoms with Crippen molar-refractivity contribution in [2.75, 3.05) is 25.1 Å². The summed E-state index contributed by atoms with van der Waals surface area (Å²) in [5.74, 6) is 0.364. The molecule has 0 fully saturated rings. The Kier molecular flexibility index (Phi) is 7.37. The molecule has 0 heterocycles. The molecular weight excluding hydrogens is 352 g/mol. The number of thiocarbonyl (C=S) groups is 1. The summed E-state index contributed by atoms with van der Waals surface area (Å²) in [6.45, 7) is 5.44. The van der Waals surface area contributed by atoms with E-state index >= 15 is 0 Å². The van der Waals surface area contributed by atoms with Crippen LogP contribution in [0.1, 0.15) is 22.8 Å². The number of phenols is 1. The predicted octanol–water partition coefficient (Wildman–Crippen LogP) is 3.24. The fourth-order valence-electron chi connectivity index (χ4n) is 2.14. The Labute approximate surface area is 158 Å². The summed E-state index contributed by atoms with van der Waals surface area (Å²) >= 11 is 5.13. The van der Waals surface area contributed by atoms with Gasteiger partial charge in [-0.15, -0.1) is 0 Å². The van der Waals surface area contributed by atoms with Crippen LogP contribution < -0.4 is 15.4 Å². The second kappa shape index (κ2) is 9.74. The molecule has 0 saturated carbocycles. The molecule has 0 aromatic heterocycles. The third-order valence-corrected chi connectivity index (χ3v) is 3.65. The van der Waals surface area contributed by atoms with E-state index in [1.807, 2.05) is 13.8 Å². The van der Waals surface area contributed by atoms with E-state index in [9.17, 15) is 9.90 Å². The second-order valence-electron chi connectivity index (χ2n) is 5.50. The van der Waals surface area contributed by atoms with Gasteiger partial charge >= 0.3 is 0 Å². The Morgan fingerprint density at radius 1 is 1.15 bits per heavy atom. The fourth-order valence-corrected chi connectivity index (χ4v) is 2.35. The van der Waals surface area contributed by atoms with Crippen molar-refractivity contribution in [3.05, 3.63) is 53.6 Å². The van der Waals surface area contributed by atoms with Crippen LogP contribution >= 0.6 is 12.2 Å². The number of aryl methyl sites for hydroxylation is 1. The molecule has 0 unspecified atom stereocenters. The van der Waals surface area contributed by atoms with Gasteiger partial charge in [-0.1, -0.05) is 6.07 Å². The van der Waals surface area contributed by atoms with E-state index < -0.39 is 0 Å². The van der Waals surface area contributed by atoms with Crippen molar-refractivity contribution in [2.24, 2.45) is 0 Å². The van der Waals surface area contributed by atoms with Gasteiger partial charge in [-0.05, 0) is 68.0 Å². The molecule has 26 heavy (non-hydrogen) atoms. The number of carbonyl (C=O) groups excluding carboxylic acids is 1. The highest BCUT2D eigenvalue weighted by atomic mass is 32.1. The first-order chi connectivity index (χ1) is 12.5. The number of ether oxygens (including phenoxy) is 2. The molecule has 3 N–H and O–H groups in total. The fraction of sp³-hybridized carbons (Fsp3) is 0.263. The van der Waals surface area contributed by atoms with Gasteiger partial charge in [0.25, 0.3) is 5.91 Å². The van der Waals surface area contributed by atoms with Crippen LogP contribution in [0.2, 0.25) is 0 Å². The number of phenolic OH excluding ortho intramolecular Hbond substituents is 1. The van der Waals surface area contributed by atoms with Crippen molar-refractivity contribution in [3.8, 4) is 11.5 Å². The Morgan fingerprint density at radius 3 is 2.58 bits per heavy atom. The summed E-state index contributed by atoms with van der Waals surface area (Å²) in [4.78, 5) is 12.2. The van der Waals surface area contributed by atoms with Crippen molar-refractivity contribution >= 4 is 28.9 Å². The maximum atomic E-state index is 12.2. The van der Waals surface area contributed by atoms with Gasteiger partial charge in [0.05, 0.1) is 12.3 Å². The molecule has 2 rings (SSSR count). The second-order valence-corrected chi connectivity index (χ2v) is 5.91. The number of amides is 1. The third kappa shape index (κ3) is 6.02. The monoisotopic (exact) mass is 374 g/mol. The van der Waals surface area contributed by atoms with Gasteiger partial charge < -0.3 is 19.9 Å². The molecule has 0 bridgehead atoms. The number of anilines is 1. The molecule has 0 saturated heterocycles. The highest BCUT2D eigenvalue weighted by molar-refractivity contribution is 7.80. The zero-order chi connectivity index (χ0) is 18.9. The SMILES string of the molecule is CCOCCOc1ccc(C(=O)NC(=S)Nc2cc(C)ccc2O)cc1. The zero-order valence-electron chi connectivity index (χ0n) is 14.7. The zero-order valence-corrected chi connectivity index (χ0v) is 15.6. The van der Waals surface area contributed by atoms with Crippen LogP contribution in [0.3, 0.4) is 0 Å². The average molecular weight is 374 g/mol. The Balaban J connectivity index is 1.88. The first kappa shape index (κ1) is 19.7. The van der Waals surface area contributed by atoms with Gasteiger partial charge in [0.15, 0.2) is 5.11 Å². The summed E-state index contributed by atoms with van der Waals surface area (Å²) in [6, 6.07) is 11.8. The third-order valence-electron chi connectivity index (χ3n) is 3.44. The summed E-state index contributed by atoms with van der Waals surface area (Å²) < 4.78 is 10.7.